The van der Waals surface area contributed by atoms with E-state index in [1.54, 1.807) is 5.57 Å². The summed E-state index contributed by atoms with van der Waals surface area (Å²) in [6.45, 7) is 4.72. The summed E-state index contributed by atoms with van der Waals surface area (Å²) >= 11 is 7.37. The fourth-order valence-electron chi connectivity index (χ4n) is 5.36. The first-order valence-electron chi connectivity index (χ1n) is 15.0. The van der Waals surface area contributed by atoms with Crippen LogP contribution < -0.4 is 5.32 Å². The second-order valence-electron chi connectivity index (χ2n) is 11.2. The number of carbonyl (C=O) groups is 3. The van der Waals surface area contributed by atoms with Gasteiger partial charge in [0.2, 0.25) is 0 Å². The highest BCUT2D eigenvalue weighted by atomic mass is 35.5. The topological polar surface area (TPSA) is 140 Å². The van der Waals surface area contributed by atoms with Crippen LogP contribution in [0.25, 0.3) is 5.57 Å². The second kappa shape index (κ2) is 18.3. The summed E-state index contributed by atoms with van der Waals surface area (Å²) in [6.07, 6.45) is 7.69. The van der Waals surface area contributed by atoms with Crippen LogP contribution in [-0.4, -0.2) is 76.7 Å². The molecular formula is C33H41ClN4O6S. The Hall–Kier alpha value is -3.67. The average Bonchev–Trinajstić information content (AvgIpc) is 3.03. The molecule has 10 nitrogen and oxygen atoms in total. The number of piperidine rings is 1. The average molecular weight is 657 g/mol. The van der Waals surface area contributed by atoms with E-state index in [0.717, 1.165) is 36.6 Å². The van der Waals surface area contributed by atoms with E-state index in [0.29, 0.717) is 12.2 Å². The number of hydrogen-bond donors (Lipinski definition) is 3. The van der Waals surface area contributed by atoms with E-state index >= 15 is 0 Å². The van der Waals surface area contributed by atoms with Gasteiger partial charge in [-0.25, -0.2) is 14.4 Å². The Labute approximate surface area is 273 Å². The predicted molar refractivity (Wildman–Crippen MR) is 177 cm³/mol. The summed E-state index contributed by atoms with van der Waals surface area (Å²) in [5.41, 5.74) is 6.00. The molecule has 242 valence electrons. The Morgan fingerprint density at radius 2 is 1.47 bits per heavy atom. The molecule has 12 heteroatoms. The number of aliphatic carboxylic acids is 2. The minimum absolute atomic E-state index is 0.153. The van der Waals surface area contributed by atoms with Crippen LogP contribution in [-0.2, 0) is 9.59 Å². The van der Waals surface area contributed by atoms with E-state index in [4.69, 9.17) is 21.8 Å². The van der Waals surface area contributed by atoms with Crippen molar-refractivity contribution in [2.75, 3.05) is 32.6 Å². The zero-order valence-corrected chi connectivity index (χ0v) is 27.2. The highest BCUT2D eigenvalue weighted by molar-refractivity contribution is 7.99. The normalized spacial score (nSPS) is 19.1. The van der Waals surface area contributed by atoms with Gasteiger partial charge in [-0.1, -0.05) is 60.7 Å². The molecule has 45 heavy (non-hydrogen) atoms. The molecule has 2 aliphatic heterocycles. The summed E-state index contributed by atoms with van der Waals surface area (Å²) in [5, 5.41) is 21.9. The molecule has 2 aromatic carbocycles. The van der Waals surface area contributed by atoms with E-state index in [1.807, 2.05) is 11.8 Å². The maximum absolute atomic E-state index is 11.6. The zero-order valence-electron chi connectivity index (χ0n) is 25.7. The lowest BCUT2D eigenvalue weighted by Gasteiger charge is -2.30. The second-order valence-corrected chi connectivity index (χ2v) is 12.6. The van der Waals surface area contributed by atoms with E-state index in [9.17, 15) is 19.3 Å². The van der Waals surface area contributed by atoms with Crippen molar-refractivity contribution in [3.05, 3.63) is 82.3 Å². The molecule has 0 atom stereocenters. The third-order valence-corrected chi connectivity index (χ3v) is 9.14. The van der Waals surface area contributed by atoms with Gasteiger partial charge >= 0.3 is 18.0 Å². The molecule has 0 unspecified atom stereocenters. The van der Waals surface area contributed by atoms with Gasteiger partial charge in [-0.05, 0) is 80.3 Å². The number of nitrogens with one attached hydrogen (secondary N) is 1. The summed E-state index contributed by atoms with van der Waals surface area (Å²) in [6, 6.07) is 17.5. The highest BCUT2D eigenvalue weighted by Gasteiger charge is 2.25. The van der Waals surface area contributed by atoms with Crippen LogP contribution in [0.15, 0.2) is 81.3 Å². The predicted octanol–water partition coefficient (Wildman–Crippen LogP) is 6.89. The number of fused-ring (bicyclic) bond motifs is 2. The van der Waals surface area contributed by atoms with Gasteiger partial charge in [0, 0.05) is 47.0 Å². The van der Waals surface area contributed by atoms with Crippen molar-refractivity contribution in [3.8, 4) is 0 Å². The van der Waals surface area contributed by atoms with Crippen LogP contribution in [0.3, 0.4) is 0 Å². The Morgan fingerprint density at radius 3 is 1.93 bits per heavy atom. The minimum Gasteiger partial charge on any atom is -0.478 e. The molecule has 1 saturated heterocycles. The van der Waals surface area contributed by atoms with Gasteiger partial charge in [0.25, 0.3) is 0 Å². The van der Waals surface area contributed by atoms with E-state index in [1.165, 1.54) is 52.4 Å². The molecule has 0 bridgehead atoms. The van der Waals surface area contributed by atoms with Gasteiger partial charge in [-0.15, -0.1) is 16.5 Å². The molecule has 1 saturated carbocycles. The van der Waals surface area contributed by atoms with Crippen molar-refractivity contribution in [2.24, 2.45) is 11.2 Å². The third-order valence-electron chi connectivity index (χ3n) is 7.82. The van der Waals surface area contributed by atoms with Crippen molar-refractivity contribution in [1.82, 2.24) is 15.2 Å². The number of benzene rings is 2. The number of halogens is 1. The van der Waals surface area contributed by atoms with Crippen molar-refractivity contribution in [1.29, 1.82) is 0 Å². The molecule has 2 heterocycles. The third kappa shape index (κ3) is 11.3. The lowest BCUT2D eigenvalue weighted by molar-refractivity contribution is -0.134. The quantitative estimate of drug-likeness (QED) is 0.113. The number of hydrogen-bond acceptors (Lipinski definition) is 7. The molecule has 5 rings (SSSR count). The molecule has 3 N–H and O–H groups in total. The maximum Gasteiger partial charge on any atom is 0.340 e. The monoisotopic (exact) mass is 656 g/mol. The van der Waals surface area contributed by atoms with Gasteiger partial charge in [0.15, 0.2) is 0 Å². The van der Waals surface area contributed by atoms with Crippen molar-refractivity contribution in [3.63, 3.8) is 0 Å². The molecule has 1 aliphatic carbocycles. The number of carbonyl (C=O) groups excluding carboxylic acids is 1. The van der Waals surface area contributed by atoms with E-state index in [2.05, 4.69) is 78.0 Å². The van der Waals surface area contributed by atoms with Crippen LogP contribution in [0.1, 0.15) is 56.6 Å². The lowest BCUT2D eigenvalue weighted by atomic mass is 9.87. The first-order chi connectivity index (χ1) is 21.6. The molecule has 0 aromatic heterocycles. The van der Waals surface area contributed by atoms with Crippen LogP contribution in [0, 0.1) is 10.8 Å². The highest BCUT2D eigenvalue weighted by Crippen LogP contribution is 2.47. The summed E-state index contributed by atoms with van der Waals surface area (Å²) in [7, 11) is 2.22. The summed E-state index contributed by atoms with van der Waals surface area (Å²) in [4.78, 5) is 46.3. The molecule has 3 aliphatic rings. The Bertz CT molecular complexity index is 1320. The smallest absolute Gasteiger partial charge is 0.340 e. The molecule has 2 amide bonds. The van der Waals surface area contributed by atoms with Gasteiger partial charge in [0.05, 0.1) is 11.8 Å². The van der Waals surface area contributed by atoms with Crippen LogP contribution in [0.4, 0.5) is 4.79 Å². The maximum atomic E-state index is 11.6. The largest absolute Gasteiger partial charge is 0.478 e. The SMILES string of the molecule is CC1CCC(NC(=O)N(CCCl)N=O)CC1.CN1CCC(=C2c3ccccc3Sc3ccccc32)CC1.O=C(O)C=CC(=O)O. The van der Waals surface area contributed by atoms with Crippen LogP contribution >= 0.6 is 23.4 Å². The van der Waals surface area contributed by atoms with Crippen molar-refractivity contribution >= 4 is 46.9 Å². The molecule has 2 fully saturated rings. The Morgan fingerprint density at radius 1 is 0.956 bits per heavy atom. The van der Waals surface area contributed by atoms with Gasteiger partial charge in [-0.3, -0.25) is 0 Å². The van der Waals surface area contributed by atoms with Crippen molar-refractivity contribution in [2.45, 2.75) is 61.3 Å². The van der Waals surface area contributed by atoms with Gasteiger partial charge in [-0.2, -0.15) is 5.01 Å². The minimum atomic E-state index is -1.26. The Kier molecular flexibility index (Phi) is 14.6. The number of urea groups is 1. The number of carboxylic acid groups (broad SMARTS) is 2. The number of carboxylic acids is 2. The fourth-order valence-corrected chi connectivity index (χ4v) is 6.61. The standard InChI is InChI=1S/C19H19NS.C10H18ClN3O2.C4H4O4/c1-20-12-10-14(11-13-20)19-15-6-2-4-8-17(15)21-18-9-5-3-7-16(18)19;1-8-2-4-9(5-3-8)12-10(15)14(13-16)7-6-11;5-3(6)1-2-4(7)8/h2-9H,10-13H2,1H3;8-9H,2-7H2,1H3,(H,12,15);1-2H,(H,5,6)(H,7,8). The number of nitroso groups, excluding NO2 is 1. The summed E-state index contributed by atoms with van der Waals surface area (Å²) in [5.74, 6) is -1.57. The molecule has 2 aromatic rings. The van der Waals surface area contributed by atoms with E-state index < -0.39 is 18.0 Å². The van der Waals surface area contributed by atoms with Crippen LogP contribution in [0.2, 0.25) is 0 Å². The number of likely N-dealkylation sites (tertiary alicyclic amines) is 1. The lowest BCUT2D eigenvalue weighted by Crippen LogP contribution is -2.44. The molecule has 0 radical (unpaired) electrons. The zero-order chi connectivity index (χ0) is 32.8. The fraction of sp³-hybridized carbons (Fsp3) is 0.424. The van der Waals surface area contributed by atoms with Crippen LogP contribution in [0.5, 0.6) is 0 Å². The number of nitrogens with zero attached hydrogens (tertiary/aromatic N) is 3. The number of rotatable bonds is 6. The van der Waals surface area contributed by atoms with Gasteiger partial charge < -0.3 is 20.4 Å². The molecule has 0 spiro atoms. The Balaban J connectivity index is 0.000000205. The molecular weight excluding hydrogens is 616 g/mol. The van der Waals surface area contributed by atoms with Gasteiger partial charge in [0.1, 0.15) is 0 Å². The first-order valence-corrected chi connectivity index (χ1v) is 16.4. The number of alkyl halides is 1. The first kappa shape index (κ1) is 35.8. The summed E-state index contributed by atoms with van der Waals surface area (Å²) < 4.78 is 0. The number of amides is 2. The van der Waals surface area contributed by atoms with Crippen molar-refractivity contribution < 1.29 is 24.6 Å². The van der Waals surface area contributed by atoms with E-state index in [-0.39, 0.29) is 18.5 Å².